The molecule has 0 aromatic rings. The summed E-state index contributed by atoms with van der Waals surface area (Å²) in [7, 11) is 1.89. The Bertz CT molecular complexity index is 244. The summed E-state index contributed by atoms with van der Waals surface area (Å²) in [5, 5.41) is 0. The van der Waals surface area contributed by atoms with Gasteiger partial charge in [0.2, 0.25) is 0 Å². The first kappa shape index (κ1) is 10.1. The van der Waals surface area contributed by atoms with Crippen LogP contribution in [0.1, 0.15) is 51.9 Å². The van der Waals surface area contributed by atoms with Gasteiger partial charge in [0.15, 0.2) is 0 Å². The Morgan fingerprint density at radius 1 is 1.07 bits per heavy atom. The molecule has 0 aromatic heterocycles. The molecule has 0 radical (unpaired) electrons. The van der Waals surface area contributed by atoms with Crippen molar-refractivity contribution in [2.24, 2.45) is 22.7 Å². The molecule has 0 spiro atoms. The molecule has 4 rings (SSSR count). The summed E-state index contributed by atoms with van der Waals surface area (Å²) in [4.78, 5) is 0. The number of methoxy groups -OCH3 is 1. The van der Waals surface area contributed by atoms with Crippen molar-refractivity contribution in [3.8, 4) is 0 Å². The maximum absolute atomic E-state index is 5.52. The van der Waals surface area contributed by atoms with Crippen LogP contribution in [0.25, 0.3) is 0 Å². The van der Waals surface area contributed by atoms with Gasteiger partial charge < -0.3 is 4.74 Å². The van der Waals surface area contributed by atoms with E-state index in [2.05, 4.69) is 6.92 Å². The lowest BCUT2D eigenvalue weighted by molar-refractivity contribution is -0.135. The average molecular weight is 208 g/mol. The maximum Gasteiger partial charge on any atom is 0.0519 e. The van der Waals surface area contributed by atoms with E-state index in [1.54, 1.807) is 0 Å². The lowest BCUT2D eigenvalue weighted by Gasteiger charge is -2.62. The van der Waals surface area contributed by atoms with Gasteiger partial charge in [-0.3, -0.25) is 0 Å². The lowest BCUT2D eigenvalue weighted by atomic mass is 9.44. The monoisotopic (exact) mass is 208 g/mol. The van der Waals surface area contributed by atoms with Crippen LogP contribution in [0, 0.1) is 22.7 Å². The topological polar surface area (TPSA) is 9.23 Å². The van der Waals surface area contributed by atoms with E-state index >= 15 is 0 Å². The molecular formula is C14H24O. The van der Waals surface area contributed by atoms with Crippen LogP contribution in [0.4, 0.5) is 0 Å². The fourth-order valence-electron chi connectivity index (χ4n) is 5.54. The Kier molecular flexibility index (Phi) is 2.18. The van der Waals surface area contributed by atoms with Crippen LogP contribution in [-0.2, 0) is 4.74 Å². The second kappa shape index (κ2) is 3.23. The molecule has 1 heteroatoms. The zero-order valence-electron chi connectivity index (χ0n) is 10.2. The molecule has 4 bridgehead atoms. The highest BCUT2D eigenvalue weighted by atomic mass is 16.5. The Morgan fingerprint density at radius 2 is 1.67 bits per heavy atom. The summed E-state index contributed by atoms with van der Waals surface area (Å²) in [5.74, 6) is 2.09. The average Bonchev–Trinajstić information content (AvgIpc) is 2.15. The molecule has 4 aliphatic carbocycles. The Balaban J connectivity index is 1.88. The van der Waals surface area contributed by atoms with Crippen molar-refractivity contribution in [1.29, 1.82) is 0 Å². The van der Waals surface area contributed by atoms with E-state index in [-0.39, 0.29) is 0 Å². The molecule has 0 saturated heterocycles. The zero-order chi connectivity index (χ0) is 10.5. The first-order valence-electron chi connectivity index (χ1n) is 6.68. The van der Waals surface area contributed by atoms with Crippen molar-refractivity contribution < 1.29 is 4.74 Å². The van der Waals surface area contributed by atoms with Gasteiger partial charge in [0.05, 0.1) is 6.61 Å². The number of hydrogen-bond acceptors (Lipinski definition) is 1. The van der Waals surface area contributed by atoms with Crippen LogP contribution in [-0.4, -0.2) is 13.7 Å². The summed E-state index contributed by atoms with van der Waals surface area (Å²) >= 11 is 0. The standard InChI is InChI=1S/C14H24O/c1-3-13-5-11-4-12(6-13)8-14(7-11,9-13)10-15-2/h11-12H,3-10H2,1-2H3. The maximum atomic E-state index is 5.52. The first-order chi connectivity index (χ1) is 7.19. The van der Waals surface area contributed by atoms with Gasteiger partial charge in [-0.1, -0.05) is 13.3 Å². The second-order valence-electron chi connectivity index (χ2n) is 6.75. The minimum atomic E-state index is 0.592. The Morgan fingerprint density at radius 3 is 2.20 bits per heavy atom. The van der Waals surface area contributed by atoms with Crippen molar-refractivity contribution in [3.63, 3.8) is 0 Å². The van der Waals surface area contributed by atoms with Crippen LogP contribution in [0.3, 0.4) is 0 Å². The van der Waals surface area contributed by atoms with Crippen molar-refractivity contribution in [2.45, 2.75) is 51.9 Å². The van der Waals surface area contributed by atoms with Gasteiger partial charge in [-0.25, -0.2) is 0 Å². The van der Waals surface area contributed by atoms with E-state index in [0.717, 1.165) is 23.9 Å². The third-order valence-corrected chi connectivity index (χ3v) is 5.50. The molecule has 15 heavy (non-hydrogen) atoms. The Hall–Kier alpha value is -0.0400. The summed E-state index contributed by atoms with van der Waals surface area (Å²) in [6, 6.07) is 0. The summed E-state index contributed by atoms with van der Waals surface area (Å²) in [6.45, 7) is 3.44. The molecule has 0 amide bonds. The van der Waals surface area contributed by atoms with Gasteiger partial charge in [0.25, 0.3) is 0 Å². The van der Waals surface area contributed by atoms with Crippen LogP contribution < -0.4 is 0 Å². The number of rotatable bonds is 3. The first-order valence-corrected chi connectivity index (χ1v) is 6.68. The highest BCUT2D eigenvalue weighted by Crippen LogP contribution is 2.66. The molecule has 2 unspecified atom stereocenters. The van der Waals surface area contributed by atoms with Gasteiger partial charge in [0, 0.05) is 7.11 Å². The van der Waals surface area contributed by atoms with Gasteiger partial charge in [0.1, 0.15) is 0 Å². The third-order valence-electron chi connectivity index (χ3n) is 5.50. The lowest BCUT2D eigenvalue weighted by Crippen LogP contribution is -2.53. The van der Waals surface area contributed by atoms with E-state index in [1.807, 2.05) is 7.11 Å². The van der Waals surface area contributed by atoms with Crippen molar-refractivity contribution >= 4 is 0 Å². The molecule has 2 atom stereocenters. The molecule has 0 aromatic carbocycles. The van der Waals surface area contributed by atoms with E-state index < -0.39 is 0 Å². The normalized spacial score (nSPS) is 52.4. The minimum Gasteiger partial charge on any atom is -0.384 e. The van der Waals surface area contributed by atoms with Crippen molar-refractivity contribution in [1.82, 2.24) is 0 Å². The minimum absolute atomic E-state index is 0.592. The second-order valence-corrected chi connectivity index (χ2v) is 6.75. The van der Waals surface area contributed by atoms with Gasteiger partial charge in [-0.15, -0.1) is 0 Å². The fraction of sp³-hybridized carbons (Fsp3) is 1.00. The van der Waals surface area contributed by atoms with Crippen LogP contribution >= 0.6 is 0 Å². The third kappa shape index (κ3) is 1.46. The predicted molar refractivity (Wildman–Crippen MR) is 61.7 cm³/mol. The molecule has 86 valence electrons. The van der Waals surface area contributed by atoms with Crippen LogP contribution in [0.15, 0.2) is 0 Å². The predicted octanol–water partition coefficient (Wildman–Crippen LogP) is 3.63. The molecule has 4 fully saturated rings. The molecule has 0 aliphatic heterocycles. The van der Waals surface area contributed by atoms with Crippen molar-refractivity contribution in [2.75, 3.05) is 13.7 Å². The zero-order valence-corrected chi connectivity index (χ0v) is 10.2. The molecule has 1 nitrogen and oxygen atoms in total. The van der Waals surface area contributed by atoms with E-state index in [0.29, 0.717) is 5.41 Å². The molecule has 4 aliphatic rings. The molecule has 0 heterocycles. The molecule has 0 N–H and O–H groups in total. The number of hydrogen-bond donors (Lipinski definition) is 0. The number of ether oxygens (including phenoxy) is 1. The summed E-state index contributed by atoms with van der Waals surface area (Å²) < 4.78 is 5.52. The van der Waals surface area contributed by atoms with Gasteiger partial charge in [-0.2, -0.15) is 0 Å². The fourth-order valence-corrected chi connectivity index (χ4v) is 5.54. The van der Waals surface area contributed by atoms with Crippen molar-refractivity contribution in [3.05, 3.63) is 0 Å². The summed E-state index contributed by atoms with van der Waals surface area (Å²) in [6.07, 6.45) is 10.4. The smallest absolute Gasteiger partial charge is 0.0519 e. The van der Waals surface area contributed by atoms with Gasteiger partial charge >= 0.3 is 0 Å². The van der Waals surface area contributed by atoms with E-state index in [1.165, 1.54) is 44.9 Å². The van der Waals surface area contributed by atoms with Crippen LogP contribution in [0.2, 0.25) is 0 Å². The molecular weight excluding hydrogens is 184 g/mol. The highest BCUT2D eigenvalue weighted by Gasteiger charge is 2.56. The Labute approximate surface area is 93.6 Å². The SMILES string of the molecule is CCC12CC3CC(C1)CC(COC)(C3)C2. The van der Waals surface area contributed by atoms with Crippen LogP contribution in [0.5, 0.6) is 0 Å². The van der Waals surface area contributed by atoms with E-state index in [9.17, 15) is 0 Å². The largest absolute Gasteiger partial charge is 0.384 e. The molecule has 4 saturated carbocycles. The van der Waals surface area contributed by atoms with E-state index in [4.69, 9.17) is 4.74 Å². The van der Waals surface area contributed by atoms with Gasteiger partial charge in [-0.05, 0) is 61.2 Å². The quantitative estimate of drug-likeness (QED) is 0.688. The highest BCUT2D eigenvalue weighted by molar-refractivity contribution is 5.07. The summed E-state index contributed by atoms with van der Waals surface area (Å²) in [5.41, 5.74) is 1.32.